The molecule has 0 bridgehead atoms. The van der Waals surface area contributed by atoms with Gasteiger partial charge in [0, 0.05) is 45.2 Å². The summed E-state index contributed by atoms with van der Waals surface area (Å²) in [5.41, 5.74) is 1.92. The Morgan fingerprint density at radius 3 is 2.75 bits per heavy atom. The van der Waals surface area contributed by atoms with Crippen LogP contribution in [0.5, 0.6) is 0 Å². The molecule has 4 rings (SSSR count). The molecule has 5 nitrogen and oxygen atoms in total. The molecule has 2 saturated heterocycles. The van der Waals surface area contributed by atoms with Crippen molar-refractivity contribution in [1.82, 2.24) is 14.8 Å². The van der Waals surface area contributed by atoms with Crippen molar-refractivity contribution in [3.05, 3.63) is 65.7 Å². The van der Waals surface area contributed by atoms with E-state index < -0.39 is 0 Å². The number of hydrogen-bond acceptors (Lipinski definition) is 4. The number of benzene rings is 1. The van der Waals surface area contributed by atoms with Crippen LogP contribution in [0, 0.1) is 5.82 Å². The number of nitrogens with zero attached hydrogens (tertiary/aromatic N) is 3. The number of piperidine rings is 1. The maximum atomic E-state index is 13.3. The van der Waals surface area contributed by atoms with E-state index in [9.17, 15) is 9.18 Å². The lowest BCUT2D eigenvalue weighted by Crippen LogP contribution is -2.60. The predicted molar refractivity (Wildman–Crippen MR) is 104 cm³/mol. The van der Waals surface area contributed by atoms with Crippen LogP contribution in [0.3, 0.4) is 0 Å². The Bertz CT molecular complexity index is 808. The zero-order chi connectivity index (χ0) is 19.5. The molecule has 2 atom stereocenters. The van der Waals surface area contributed by atoms with Gasteiger partial charge in [-0.15, -0.1) is 0 Å². The van der Waals surface area contributed by atoms with Crippen LogP contribution in [0.15, 0.2) is 48.8 Å². The van der Waals surface area contributed by atoms with Gasteiger partial charge in [-0.25, -0.2) is 4.39 Å². The Hall–Kier alpha value is -2.31. The molecule has 2 fully saturated rings. The third-order valence-corrected chi connectivity index (χ3v) is 5.96. The quantitative estimate of drug-likeness (QED) is 0.797. The number of carbonyl (C=O) groups excluding carboxylic acids is 1. The van der Waals surface area contributed by atoms with Gasteiger partial charge < -0.3 is 9.64 Å². The second-order valence-corrected chi connectivity index (χ2v) is 7.62. The van der Waals surface area contributed by atoms with Gasteiger partial charge in [-0.2, -0.15) is 0 Å². The van der Waals surface area contributed by atoms with Crippen molar-refractivity contribution in [3.63, 3.8) is 0 Å². The smallest absolute Gasteiger partial charge is 0.226 e. The van der Waals surface area contributed by atoms with E-state index in [1.807, 2.05) is 17.2 Å². The lowest BCUT2D eigenvalue weighted by atomic mass is 9.87. The summed E-state index contributed by atoms with van der Waals surface area (Å²) in [6.45, 7) is 2.40. The van der Waals surface area contributed by atoms with Crippen LogP contribution in [-0.2, 0) is 16.0 Å². The predicted octanol–water partition coefficient (Wildman–Crippen LogP) is 2.83. The van der Waals surface area contributed by atoms with Crippen LogP contribution < -0.4 is 0 Å². The molecule has 0 aliphatic carbocycles. The van der Waals surface area contributed by atoms with Crippen LogP contribution in [0.2, 0.25) is 0 Å². The SMILES string of the molecule is CO[C@H]1CN(C2CCN(C(=O)Cc3cccc(F)c3)CC2)[C@H]1c1cccnc1. The van der Waals surface area contributed by atoms with E-state index in [-0.39, 0.29) is 30.3 Å². The fourth-order valence-corrected chi connectivity index (χ4v) is 4.41. The van der Waals surface area contributed by atoms with E-state index in [4.69, 9.17) is 4.74 Å². The molecule has 0 radical (unpaired) electrons. The summed E-state index contributed by atoms with van der Waals surface area (Å²) >= 11 is 0. The van der Waals surface area contributed by atoms with Crippen molar-refractivity contribution in [2.24, 2.45) is 0 Å². The molecule has 2 aromatic rings. The summed E-state index contributed by atoms with van der Waals surface area (Å²) in [5.74, 6) is -0.220. The van der Waals surface area contributed by atoms with Crippen molar-refractivity contribution in [1.29, 1.82) is 0 Å². The van der Waals surface area contributed by atoms with Gasteiger partial charge in [-0.3, -0.25) is 14.7 Å². The molecule has 0 unspecified atom stereocenters. The molecule has 0 saturated carbocycles. The van der Waals surface area contributed by atoms with Gasteiger partial charge in [0.15, 0.2) is 0 Å². The highest BCUT2D eigenvalue weighted by atomic mass is 19.1. The zero-order valence-electron chi connectivity index (χ0n) is 16.1. The van der Waals surface area contributed by atoms with Crippen LogP contribution in [-0.4, -0.2) is 59.6 Å². The van der Waals surface area contributed by atoms with Crippen LogP contribution in [0.25, 0.3) is 0 Å². The largest absolute Gasteiger partial charge is 0.378 e. The molecular formula is C22H26FN3O2. The van der Waals surface area contributed by atoms with Gasteiger partial charge in [0.2, 0.25) is 5.91 Å². The first-order chi connectivity index (χ1) is 13.7. The first kappa shape index (κ1) is 19.0. The van der Waals surface area contributed by atoms with E-state index in [1.165, 1.54) is 17.7 Å². The van der Waals surface area contributed by atoms with Gasteiger partial charge >= 0.3 is 0 Å². The van der Waals surface area contributed by atoms with E-state index in [0.29, 0.717) is 6.04 Å². The van der Waals surface area contributed by atoms with Crippen LogP contribution in [0.1, 0.15) is 30.0 Å². The highest BCUT2D eigenvalue weighted by Crippen LogP contribution is 2.39. The van der Waals surface area contributed by atoms with Crippen molar-refractivity contribution in [2.45, 2.75) is 37.5 Å². The lowest BCUT2D eigenvalue weighted by molar-refractivity contribution is -0.137. The van der Waals surface area contributed by atoms with Gasteiger partial charge in [0.05, 0.1) is 18.6 Å². The number of pyridine rings is 1. The first-order valence-electron chi connectivity index (χ1n) is 9.86. The summed E-state index contributed by atoms with van der Waals surface area (Å²) in [4.78, 5) is 21.2. The molecule has 1 aromatic carbocycles. The second kappa shape index (κ2) is 8.37. The molecule has 148 valence electrons. The number of likely N-dealkylation sites (tertiary alicyclic amines) is 2. The number of amides is 1. The number of ether oxygens (including phenoxy) is 1. The van der Waals surface area contributed by atoms with E-state index in [2.05, 4.69) is 16.0 Å². The Morgan fingerprint density at radius 2 is 2.07 bits per heavy atom. The number of carbonyl (C=O) groups is 1. The molecular weight excluding hydrogens is 357 g/mol. The van der Waals surface area contributed by atoms with Gasteiger partial charge in [-0.1, -0.05) is 18.2 Å². The molecule has 6 heteroatoms. The van der Waals surface area contributed by atoms with Crippen molar-refractivity contribution < 1.29 is 13.9 Å². The minimum atomic E-state index is -0.295. The third kappa shape index (κ3) is 3.93. The minimum Gasteiger partial charge on any atom is -0.378 e. The zero-order valence-corrected chi connectivity index (χ0v) is 16.1. The number of methoxy groups -OCH3 is 1. The van der Waals surface area contributed by atoms with Gasteiger partial charge in [-0.05, 0) is 42.2 Å². The van der Waals surface area contributed by atoms with Crippen molar-refractivity contribution in [2.75, 3.05) is 26.7 Å². The van der Waals surface area contributed by atoms with Crippen LogP contribution >= 0.6 is 0 Å². The number of halogens is 1. The second-order valence-electron chi connectivity index (χ2n) is 7.62. The molecule has 1 amide bonds. The Kier molecular flexibility index (Phi) is 5.69. The van der Waals surface area contributed by atoms with Crippen LogP contribution in [0.4, 0.5) is 4.39 Å². The summed E-state index contributed by atoms with van der Waals surface area (Å²) in [6.07, 6.45) is 6.05. The fourth-order valence-electron chi connectivity index (χ4n) is 4.41. The maximum Gasteiger partial charge on any atom is 0.226 e. The number of aromatic nitrogens is 1. The Balaban J connectivity index is 1.34. The van der Waals surface area contributed by atoms with Crippen molar-refractivity contribution in [3.8, 4) is 0 Å². The normalized spacial score (nSPS) is 23.4. The van der Waals surface area contributed by atoms with E-state index in [1.54, 1.807) is 25.4 Å². The molecule has 1 aromatic heterocycles. The summed E-state index contributed by atoms with van der Waals surface area (Å²) in [6, 6.07) is 11.0. The summed E-state index contributed by atoms with van der Waals surface area (Å²) in [7, 11) is 1.76. The monoisotopic (exact) mass is 383 g/mol. The van der Waals surface area contributed by atoms with Gasteiger partial charge in [0.1, 0.15) is 5.82 Å². The first-order valence-corrected chi connectivity index (χ1v) is 9.86. The van der Waals surface area contributed by atoms with Gasteiger partial charge in [0.25, 0.3) is 0 Å². The number of rotatable bonds is 5. The highest BCUT2D eigenvalue weighted by Gasteiger charge is 2.44. The average Bonchev–Trinajstić information content (AvgIpc) is 2.69. The minimum absolute atomic E-state index is 0.0752. The molecule has 2 aliphatic rings. The average molecular weight is 383 g/mol. The fraction of sp³-hybridized carbons (Fsp3) is 0.455. The topological polar surface area (TPSA) is 45.7 Å². The Labute approximate surface area is 165 Å². The third-order valence-electron chi connectivity index (χ3n) is 5.96. The van der Waals surface area contributed by atoms with Crippen molar-refractivity contribution >= 4 is 5.91 Å². The summed E-state index contributed by atoms with van der Waals surface area (Å²) in [5, 5.41) is 0. The van der Waals surface area contributed by atoms with E-state index in [0.717, 1.165) is 38.0 Å². The standard InChI is InChI=1S/C22H26FN3O2/c1-28-20-15-26(22(20)17-5-3-9-24-14-17)19-7-10-25(11-8-19)21(27)13-16-4-2-6-18(23)12-16/h2-6,9,12,14,19-20,22H,7-8,10-11,13,15H2,1H3/t20-,22-/m0/s1. The molecule has 0 N–H and O–H groups in total. The highest BCUT2D eigenvalue weighted by molar-refractivity contribution is 5.78. The Morgan fingerprint density at radius 1 is 1.25 bits per heavy atom. The number of hydrogen-bond donors (Lipinski definition) is 0. The molecule has 28 heavy (non-hydrogen) atoms. The maximum absolute atomic E-state index is 13.3. The molecule has 0 spiro atoms. The van der Waals surface area contributed by atoms with E-state index >= 15 is 0 Å². The summed E-state index contributed by atoms with van der Waals surface area (Å²) < 4.78 is 19.0. The molecule has 3 heterocycles. The lowest BCUT2D eigenvalue weighted by Gasteiger charge is -2.53. The molecule has 2 aliphatic heterocycles.